The molecular formula is C17H21N3O2. The summed E-state index contributed by atoms with van der Waals surface area (Å²) in [5.41, 5.74) is 3.35. The Kier molecular flexibility index (Phi) is 3.10. The third-order valence-electron chi connectivity index (χ3n) is 5.30. The molecule has 2 aliphatic heterocycles. The fraction of sp³-hybridized carbons (Fsp3) is 0.529. The first kappa shape index (κ1) is 13.6. The van der Waals surface area contributed by atoms with Gasteiger partial charge in [0, 0.05) is 18.5 Å². The number of nitrogens with zero attached hydrogens (tertiary/aromatic N) is 2. The van der Waals surface area contributed by atoms with Crippen molar-refractivity contribution < 1.29 is 9.90 Å². The summed E-state index contributed by atoms with van der Waals surface area (Å²) in [4.78, 5) is 21.2. The first-order chi connectivity index (χ1) is 10.6. The number of fused-ring (bicyclic) bond motifs is 3. The molecule has 1 amide bonds. The van der Waals surface area contributed by atoms with E-state index in [1.54, 1.807) is 4.90 Å². The highest BCUT2D eigenvalue weighted by Gasteiger charge is 2.43. The van der Waals surface area contributed by atoms with Crippen molar-refractivity contribution in [1.29, 1.82) is 0 Å². The second-order valence-electron chi connectivity index (χ2n) is 6.77. The van der Waals surface area contributed by atoms with Gasteiger partial charge in [-0.25, -0.2) is 9.78 Å². The van der Waals surface area contributed by atoms with E-state index >= 15 is 0 Å². The number of amides is 1. The zero-order chi connectivity index (χ0) is 15.3. The molecule has 1 aromatic heterocycles. The number of rotatable bonds is 2. The number of H-pyrrole nitrogens is 1. The highest BCUT2D eigenvalue weighted by atomic mass is 16.4. The monoisotopic (exact) mass is 299 g/mol. The Morgan fingerprint density at radius 3 is 2.73 bits per heavy atom. The van der Waals surface area contributed by atoms with E-state index in [-0.39, 0.29) is 12.1 Å². The third-order valence-corrected chi connectivity index (χ3v) is 5.30. The lowest BCUT2D eigenvalue weighted by molar-refractivity contribution is 0.0847. The average Bonchev–Trinajstić information content (AvgIpc) is 2.99. The summed E-state index contributed by atoms with van der Waals surface area (Å²) in [6.07, 6.45) is 4.16. The Bertz CT molecular complexity index is 710. The fourth-order valence-electron chi connectivity index (χ4n) is 4.37. The Labute approximate surface area is 129 Å². The number of nitrogens with one attached hydrogen (secondary N) is 1. The molecule has 0 unspecified atom stereocenters. The number of carbonyl (C=O) groups is 1. The molecule has 0 saturated carbocycles. The molecule has 0 aliphatic carbocycles. The van der Waals surface area contributed by atoms with Crippen LogP contribution in [0.15, 0.2) is 18.2 Å². The molecule has 2 N–H and O–H groups in total. The Balaban J connectivity index is 1.52. The van der Waals surface area contributed by atoms with Gasteiger partial charge in [0.25, 0.3) is 0 Å². The first-order valence-electron chi connectivity index (χ1n) is 8.07. The molecule has 2 saturated heterocycles. The number of imidazole rings is 1. The van der Waals surface area contributed by atoms with E-state index in [1.165, 1.54) is 5.56 Å². The molecule has 4 rings (SSSR count). The maximum atomic E-state index is 11.3. The molecule has 3 atom stereocenters. The van der Waals surface area contributed by atoms with Crippen LogP contribution in [0.1, 0.15) is 37.1 Å². The normalized spacial score (nSPS) is 27.5. The van der Waals surface area contributed by atoms with Crippen LogP contribution in [0.25, 0.3) is 11.0 Å². The van der Waals surface area contributed by atoms with Gasteiger partial charge in [0.05, 0.1) is 11.0 Å². The summed E-state index contributed by atoms with van der Waals surface area (Å²) in [5.74, 6) is 1.58. The number of aromatic amines is 1. The smallest absolute Gasteiger partial charge is 0.407 e. The summed E-state index contributed by atoms with van der Waals surface area (Å²) in [5, 5.41) is 9.33. The molecule has 2 fully saturated rings. The maximum Gasteiger partial charge on any atom is 0.407 e. The van der Waals surface area contributed by atoms with Gasteiger partial charge in [-0.3, -0.25) is 0 Å². The van der Waals surface area contributed by atoms with E-state index in [2.05, 4.69) is 24.0 Å². The van der Waals surface area contributed by atoms with E-state index in [1.807, 2.05) is 6.07 Å². The summed E-state index contributed by atoms with van der Waals surface area (Å²) >= 11 is 0. The minimum absolute atomic E-state index is 0.215. The van der Waals surface area contributed by atoms with Crippen molar-refractivity contribution >= 4 is 17.1 Å². The second-order valence-corrected chi connectivity index (χ2v) is 6.77. The lowest BCUT2D eigenvalue weighted by atomic mass is 9.88. The van der Waals surface area contributed by atoms with E-state index in [9.17, 15) is 9.90 Å². The highest BCUT2D eigenvalue weighted by Crippen LogP contribution is 2.39. The van der Waals surface area contributed by atoms with Crippen molar-refractivity contribution in [3.63, 3.8) is 0 Å². The van der Waals surface area contributed by atoms with E-state index < -0.39 is 6.09 Å². The summed E-state index contributed by atoms with van der Waals surface area (Å²) in [6.45, 7) is 2.08. The van der Waals surface area contributed by atoms with Crippen molar-refractivity contribution in [2.75, 3.05) is 0 Å². The number of aryl methyl sites for hydroxylation is 1. The summed E-state index contributed by atoms with van der Waals surface area (Å²) in [6, 6.07) is 6.62. The summed E-state index contributed by atoms with van der Waals surface area (Å²) < 4.78 is 0. The van der Waals surface area contributed by atoms with Crippen LogP contribution in [0, 0.1) is 12.8 Å². The van der Waals surface area contributed by atoms with Crippen LogP contribution in [0.3, 0.4) is 0 Å². The van der Waals surface area contributed by atoms with E-state index in [0.29, 0.717) is 5.92 Å². The molecule has 5 heteroatoms. The largest absolute Gasteiger partial charge is 0.465 e. The van der Waals surface area contributed by atoms with Gasteiger partial charge in [-0.05, 0) is 50.2 Å². The standard InChI is InChI=1S/C17H21N3O2/c1-10-3-2-4-14-16(10)19-15(18-14)9-11-7-12-5-6-13(8-11)20(12)17(21)22/h2-4,11-13H,5-9H2,1H3,(H,18,19)(H,21,22)/t11-,12+,13-. The lowest BCUT2D eigenvalue weighted by Crippen LogP contribution is -2.46. The number of aromatic nitrogens is 2. The quantitative estimate of drug-likeness (QED) is 0.893. The van der Waals surface area contributed by atoms with Crippen LogP contribution in [0.2, 0.25) is 0 Å². The zero-order valence-corrected chi connectivity index (χ0v) is 12.7. The molecule has 1 aromatic carbocycles. The minimum atomic E-state index is -0.745. The van der Waals surface area contributed by atoms with Gasteiger partial charge in [0.2, 0.25) is 0 Å². The number of carboxylic acid groups (broad SMARTS) is 1. The molecule has 0 radical (unpaired) electrons. The van der Waals surface area contributed by atoms with Gasteiger partial charge < -0.3 is 15.0 Å². The topological polar surface area (TPSA) is 69.2 Å². The van der Waals surface area contributed by atoms with Crippen LogP contribution in [0.4, 0.5) is 4.79 Å². The van der Waals surface area contributed by atoms with Gasteiger partial charge >= 0.3 is 6.09 Å². The minimum Gasteiger partial charge on any atom is -0.465 e. The van der Waals surface area contributed by atoms with E-state index in [0.717, 1.165) is 49.0 Å². The van der Waals surface area contributed by atoms with Crippen LogP contribution >= 0.6 is 0 Å². The lowest BCUT2D eigenvalue weighted by Gasteiger charge is -2.36. The number of piperidine rings is 1. The summed E-state index contributed by atoms with van der Waals surface area (Å²) in [7, 11) is 0. The molecule has 116 valence electrons. The number of hydrogen-bond acceptors (Lipinski definition) is 2. The van der Waals surface area contributed by atoms with E-state index in [4.69, 9.17) is 4.98 Å². The van der Waals surface area contributed by atoms with Crippen LogP contribution in [-0.4, -0.2) is 38.2 Å². The van der Waals surface area contributed by atoms with Crippen molar-refractivity contribution in [3.05, 3.63) is 29.6 Å². The van der Waals surface area contributed by atoms with Gasteiger partial charge in [0.1, 0.15) is 5.82 Å². The predicted octanol–water partition coefficient (Wildman–Crippen LogP) is 3.33. The van der Waals surface area contributed by atoms with Gasteiger partial charge in [-0.1, -0.05) is 12.1 Å². The molecule has 22 heavy (non-hydrogen) atoms. The van der Waals surface area contributed by atoms with Crippen molar-refractivity contribution in [2.45, 2.75) is 51.1 Å². The fourth-order valence-corrected chi connectivity index (χ4v) is 4.37. The Morgan fingerprint density at radius 1 is 1.36 bits per heavy atom. The highest BCUT2D eigenvalue weighted by molar-refractivity contribution is 5.78. The molecule has 2 aliphatic rings. The third kappa shape index (κ3) is 2.16. The van der Waals surface area contributed by atoms with Crippen molar-refractivity contribution in [1.82, 2.24) is 14.9 Å². The molecule has 5 nitrogen and oxygen atoms in total. The number of para-hydroxylation sites is 1. The van der Waals surface area contributed by atoms with Crippen molar-refractivity contribution in [2.24, 2.45) is 5.92 Å². The van der Waals surface area contributed by atoms with Gasteiger partial charge in [-0.15, -0.1) is 0 Å². The van der Waals surface area contributed by atoms with Gasteiger partial charge in [-0.2, -0.15) is 0 Å². The molecule has 3 heterocycles. The number of hydrogen-bond donors (Lipinski definition) is 2. The average molecular weight is 299 g/mol. The molecule has 2 bridgehead atoms. The second kappa shape index (κ2) is 5.00. The van der Waals surface area contributed by atoms with Crippen LogP contribution in [0.5, 0.6) is 0 Å². The first-order valence-corrected chi connectivity index (χ1v) is 8.07. The predicted molar refractivity (Wildman–Crippen MR) is 83.9 cm³/mol. The van der Waals surface area contributed by atoms with Crippen LogP contribution in [-0.2, 0) is 6.42 Å². The SMILES string of the molecule is Cc1cccc2[nH]c(C[C@H]3C[C@H]4CC[C@@H](C3)N4C(=O)O)nc12. The zero-order valence-electron chi connectivity index (χ0n) is 12.7. The Morgan fingerprint density at radius 2 is 2.09 bits per heavy atom. The molecule has 0 spiro atoms. The maximum absolute atomic E-state index is 11.3. The molecule has 2 aromatic rings. The van der Waals surface area contributed by atoms with Crippen LogP contribution < -0.4 is 0 Å². The Hall–Kier alpha value is -2.04. The number of benzene rings is 1. The molecular weight excluding hydrogens is 278 g/mol. The van der Waals surface area contributed by atoms with Crippen molar-refractivity contribution in [3.8, 4) is 0 Å². The van der Waals surface area contributed by atoms with Gasteiger partial charge in [0.15, 0.2) is 0 Å².